The monoisotopic (exact) mass is 544 g/mol. The first-order valence-corrected chi connectivity index (χ1v) is 12.8. The smallest absolute Gasteiger partial charge is 0.380 e. The van der Waals surface area contributed by atoms with Crippen LogP contribution in [0.2, 0.25) is 0 Å². The third kappa shape index (κ3) is 4.65. The molecule has 0 radical (unpaired) electrons. The molecule has 0 saturated carbocycles. The number of halogens is 4. The maximum Gasteiger partial charge on any atom is 0.433 e. The second kappa shape index (κ2) is 9.30. The fraction of sp³-hybridized carbons (Fsp3) is 0.444. The molecule has 2 fully saturated rings. The summed E-state index contributed by atoms with van der Waals surface area (Å²) in [7, 11) is 0. The summed E-state index contributed by atoms with van der Waals surface area (Å²) in [6.45, 7) is 7.56. The van der Waals surface area contributed by atoms with Gasteiger partial charge < -0.3 is 19.4 Å². The highest BCUT2D eigenvalue weighted by Crippen LogP contribution is 2.42. The summed E-state index contributed by atoms with van der Waals surface area (Å²) in [5, 5.41) is 4.98. The molecule has 8 nitrogen and oxygen atoms in total. The lowest BCUT2D eigenvalue weighted by Gasteiger charge is -2.38. The number of alkyl halides is 3. The Balaban J connectivity index is 1.58. The van der Waals surface area contributed by atoms with Gasteiger partial charge in [-0.2, -0.15) is 18.3 Å². The normalized spacial score (nSPS) is 19.5. The van der Waals surface area contributed by atoms with Gasteiger partial charge in [-0.1, -0.05) is 6.92 Å². The molecule has 5 heterocycles. The van der Waals surface area contributed by atoms with E-state index in [-0.39, 0.29) is 35.4 Å². The van der Waals surface area contributed by atoms with Crippen LogP contribution in [0.3, 0.4) is 0 Å². The molecule has 39 heavy (non-hydrogen) atoms. The Labute approximate surface area is 221 Å². The van der Waals surface area contributed by atoms with E-state index in [0.29, 0.717) is 55.3 Å². The Kier molecular flexibility index (Phi) is 6.14. The highest BCUT2D eigenvalue weighted by atomic mass is 19.4. The SMILES string of the molecule is Cc1nn(CC2(C)COC2)c(C(F)(F)F)c1-c1cc(N2CCOC[C@H]2C)nc(-c2cc(F)cc3[nH]ccc23)n1. The van der Waals surface area contributed by atoms with Crippen LogP contribution in [0.1, 0.15) is 25.2 Å². The van der Waals surface area contributed by atoms with Crippen LogP contribution in [0.5, 0.6) is 0 Å². The topological polar surface area (TPSA) is 81.1 Å². The molecule has 2 aliphatic heterocycles. The molecule has 12 heteroatoms. The summed E-state index contributed by atoms with van der Waals surface area (Å²) in [5.74, 6) is 0.0643. The van der Waals surface area contributed by atoms with Crippen molar-refractivity contribution in [3.05, 3.63) is 47.7 Å². The highest BCUT2D eigenvalue weighted by molar-refractivity contribution is 5.94. The number of rotatable bonds is 5. The average Bonchev–Trinajstić information content (AvgIpc) is 3.46. The lowest BCUT2D eigenvalue weighted by Crippen LogP contribution is -2.44. The minimum Gasteiger partial charge on any atom is -0.380 e. The van der Waals surface area contributed by atoms with E-state index in [2.05, 4.69) is 15.1 Å². The van der Waals surface area contributed by atoms with E-state index >= 15 is 0 Å². The predicted molar refractivity (Wildman–Crippen MR) is 137 cm³/mol. The number of fused-ring (bicyclic) bond motifs is 1. The van der Waals surface area contributed by atoms with Crippen molar-refractivity contribution < 1.29 is 27.0 Å². The Bertz CT molecular complexity index is 1540. The van der Waals surface area contributed by atoms with E-state index in [1.165, 1.54) is 12.1 Å². The number of benzene rings is 1. The summed E-state index contributed by atoms with van der Waals surface area (Å²) >= 11 is 0. The van der Waals surface area contributed by atoms with E-state index in [1.807, 2.05) is 18.7 Å². The van der Waals surface area contributed by atoms with Gasteiger partial charge in [0.15, 0.2) is 11.5 Å². The van der Waals surface area contributed by atoms with Gasteiger partial charge in [-0.05, 0) is 32.0 Å². The third-order valence-corrected chi connectivity index (χ3v) is 7.33. The van der Waals surface area contributed by atoms with Gasteiger partial charge >= 0.3 is 6.18 Å². The quantitative estimate of drug-likeness (QED) is 0.347. The number of nitrogens with zero attached hydrogens (tertiary/aromatic N) is 5. The molecule has 0 aliphatic carbocycles. The number of aromatic nitrogens is 5. The van der Waals surface area contributed by atoms with Gasteiger partial charge in [0.25, 0.3) is 0 Å². The largest absolute Gasteiger partial charge is 0.433 e. The molecule has 3 aromatic heterocycles. The Morgan fingerprint density at radius 2 is 1.95 bits per heavy atom. The predicted octanol–water partition coefficient (Wildman–Crippen LogP) is 5.22. The van der Waals surface area contributed by atoms with Crippen molar-refractivity contribution >= 4 is 16.7 Å². The number of aromatic amines is 1. The van der Waals surface area contributed by atoms with E-state index in [4.69, 9.17) is 14.5 Å². The summed E-state index contributed by atoms with van der Waals surface area (Å²) in [5.41, 5.74) is -0.231. The van der Waals surface area contributed by atoms with E-state index in [9.17, 15) is 17.6 Å². The molecule has 1 N–H and O–H groups in total. The van der Waals surface area contributed by atoms with Crippen molar-refractivity contribution in [3.63, 3.8) is 0 Å². The molecule has 0 bridgehead atoms. The zero-order valence-electron chi connectivity index (χ0n) is 21.8. The van der Waals surface area contributed by atoms with E-state index < -0.39 is 23.1 Å². The van der Waals surface area contributed by atoms with Crippen molar-refractivity contribution in [1.29, 1.82) is 0 Å². The minimum absolute atomic E-state index is 0.0574. The first-order chi connectivity index (χ1) is 18.5. The van der Waals surface area contributed by atoms with Crippen LogP contribution in [-0.2, 0) is 22.2 Å². The van der Waals surface area contributed by atoms with E-state index in [0.717, 1.165) is 4.68 Å². The molecule has 6 rings (SSSR count). The summed E-state index contributed by atoms with van der Waals surface area (Å²) < 4.78 is 70.4. The van der Waals surface area contributed by atoms with Crippen molar-refractivity contribution in [1.82, 2.24) is 24.7 Å². The van der Waals surface area contributed by atoms with Gasteiger partial charge in [-0.25, -0.2) is 14.4 Å². The Morgan fingerprint density at radius 3 is 2.64 bits per heavy atom. The Morgan fingerprint density at radius 1 is 1.15 bits per heavy atom. The van der Waals surface area contributed by atoms with Gasteiger partial charge in [-0.3, -0.25) is 4.68 Å². The first-order valence-electron chi connectivity index (χ1n) is 12.8. The molecule has 1 aromatic carbocycles. The molecular weight excluding hydrogens is 516 g/mol. The second-order valence-electron chi connectivity index (χ2n) is 10.7. The number of nitrogens with one attached hydrogen (secondary N) is 1. The lowest BCUT2D eigenvalue weighted by atomic mass is 9.88. The minimum atomic E-state index is -4.69. The van der Waals surface area contributed by atoms with Crippen LogP contribution >= 0.6 is 0 Å². The number of anilines is 1. The van der Waals surface area contributed by atoms with Gasteiger partial charge in [0.05, 0.1) is 56.0 Å². The molecule has 0 spiro atoms. The molecule has 2 aliphatic rings. The van der Waals surface area contributed by atoms with Crippen LogP contribution in [0.15, 0.2) is 30.5 Å². The molecule has 0 unspecified atom stereocenters. The number of morpholine rings is 1. The summed E-state index contributed by atoms with van der Waals surface area (Å²) in [4.78, 5) is 14.3. The van der Waals surface area contributed by atoms with Gasteiger partial charge in [-0.15, -0.1) is 0 Å². The van der Waals surface area contributed by atoms with Crippen LogP contribution in [0.4, 0.5) is 23.4 Å². The van der Waals surface area contributed by atoms with E-state index in [1.54, 1.807) is 25.3 Å². The van der Waals surface area contributed by atoms with Gasteiger partial charge in [0, 0.05) is 40.7 Å². The van der Waals surface area contributed by atoms with Crippen molar-refractivity contribution in [3.8, 4) is 22.6 Å². The Hall–Kier alpha value is -3.51. The van der Waals surface area contributed by atoms with Crippen LogP contribution in [0, 0.1) is 18.2 Å². The van der Waals surface area contributed by atoms with Crippen LogP contribution in [0.25, 0.3) is 33.5 Å². The maximum atomic E-state index is 14.6. The molecule has 2 saturated heterocycles. The van der Waals surface area contributed by atoms with Crippen molar-refractivity contribution in [2.24, 2.45) is 5.41 Å². The van der Waals surface area contributed by atoms with Crippen LogP contribution < -0.4 is 4.90 Å². The van der Waals surface area contributed by atoms with Crippen molar-refractivity contribution in [2.75, 3.05) is 37.9 Å². The van der Waals surface area contributed by atoms with Crippen LogP contribution in [-0.4, -0.2) is 63.7 Å². The second-order valence-corrected chi connectivity index (χ2v) is 10.7. The fourth-order valence-electron chi connectivity index (χ4n) is 5.41. The summed E-state index contributed by atoms with van der Waals surface area (Å²) in [6.07, 6.45) is -3.02. The lowest BCUT2D eigenvalue weighted by molar-refractivity contribution is -0.149. The third-order valence-electron chi connectivity index (χ3n) is 7.33. The number of hydrogen-bond acceptors (Lipinski definition) is 6. The number of ether oxygens (including phenoxy) is 2. The van der Waals surface area contributed by atoms with Crippen molar-refractivity contribution in [2.45, 2.75) is 39.5 Å². The number of hydrogen-bond donors (Lipinski definition) is 1. The molecule has 0 amide bonds. The maximum absolute atomic E-state index is 14.6. The van der Waals surface area contributed by atoms with Gasteiger partial charge in [0.1, 0.15) is 11.6 Å². The zero-order chi connectivity index (χ0) is 27.5. The number of H-pyrrole nitrogens is 1. The zero-order valence-corrected chi connectivity index (χ0v) is 21.8. The number of aryl methyl sites for hydroxylation is 1. The summed E-state index contributed by atoms with van der Waals surface area (Å²) in [6, 6.07) is 5.92. The molecular formula is C27H28F4N6O2. The molecule has 206 valence electrons. The first kappa shape index (κ1) is 25.8. The highest BCUT2D eigenvalue weighted by Gasteiger charge is 2.43. The molecule has 4 aromatic rings. The van der Waals surface area contributed by atoms with Gasteiger partial charge in [0.2, 0.25) is 0 Å². The standard InChI is InChI=1S/C27H28F4N6O2/c1-15-11-38-7-6-36(15)22-10-21(33-25(34-22)19-8-17(28)9-20-18(19)4-5-32-20)23-16(2)35-37(24(23)27(29,30)31)12-26(3)13-39-14-26/h4-5,8-10,15,32H,6-7,11-14H2,1-3H3/t15-/m1/s1. The fourth-order valence-corrected chi connectivity index (χ4v) is 5.41. The molecule has 1 atom stereocenters. The average molecular weight is 545 g/mol.